The Balaban J connectivity index is 1.15. The van der Waals surface area contributed by atoms with Gasteiger partial charge in [0.1, 0.15) is 12.4 Å². The summed E-state index contributed by atoms with van der Waals surface area (Å²) in [5.74, 6) is 0.123. The number of rotatable bonds is 7. The number of aryl methyl sites for hydroxylation is 2. The zero-order valence-corrected chi connectivity index (χ0v) is 24.9. The number of piperidine rings is 2. The van der Waals surface area contributed by atoms with Crippen molar-refractivity contribution >= 4 is 28.3 Å². The van der Waals surface area contributed by atoms with Crippen LogP contribution in [0, 0.1) is 48.9 Å². The largest absolute Gasteiger partial charge is 0.488 e. The Morgan fingerprint density at radius 3 is 2.60 bits per heavy atom. The molecule has 2 aliphatic heterocycles. The van der Waals surface area contributed by atoms with Crippen LogP contribution in [0.15, 0.2) is 41.8 Å². The number of nitriles is 1. The molecule has 3 heterocycles. The second kappa shape index (κ2) is 11.8. The van der Waals surface area contributed by atoms with Gasteiger partial charge < -0.3 is 19.6 Å². The summed E-state index contributed by atoms with van der Waals surface area (Å²) < 4.78 is 6.35. The Labute approximate surface area is 250 Å². The Kier molecular flexibility index (Phi) is 7.91. The molecule has 1 saturated carbocycles. The number of ether oxygens (including phenoxy) is 1. The summed E-state index contributed by atoms with van der Waals surface area (Å²) in [5, 5.41) is 22.0. The molecular weight excluding hydrogens is 548 g/mol. The number of hydrogen-bond acceptors (Lipinski definition) is 7. The fraction of sp³-hybridized carbons (Fsp3) is 0.455. The topological polar surface area (TPSA) is 107 Å². The van der Waals surface area contributed by atoms with E-state index in [4.69, 9.17) is 9.72 Å². The molecule has 1 aromatic heterocycles. The second-order valence-corrected chi connectivity index (χ2v) is 12.9. The van der Waals surface area contributed by atoms with Gasteiger partial charge in [0.25, 0.3) is 5.91 Å². The van der Waals surface area contributed by atoms with Crippen molar-refractivity contribution in [1.82, 2.24) is 9.88 Å². The van der Waals surface area contributed by atoms with Crippen LogP contribution in [0.25, 0.3) is 11.3 Å². The van der Waals surface area contributed by atoms with E-state index in [0.717, 1.165) is 77.6 Å². The number of carboxylic acids is 1. The van der Waals surface area contributed by atoms with Gasteiger partial charge in [-0.1, -0.05) is 17.7 Å². The van der Waals surface area contributed by atoms with Gasteiger partial charge in [-0.05, 0) is 86.8 Å². The third-order valence-corrected chi connectivity index (χ3v) is 10.1. The maximum absolute atomic E-state index is 13.1. The first-order valence-electron chi connectivity index (χ1n) is 14.8. The summed E-state index contributed by atoms with van der Waals surface area (Å²) in [4.78, 5) is 33.9. The van der Waals surface area contributed by atoms with E-state index in [2.05, 4.69) is 29.3 Å². The van der Waals surface area contributed by atoms with Crippen molar-refractivity contribution in [2.45, 2.75) is 46.1 Å². The zero-order valence-electron chi connectivity index (χ0n) is 24.1. The number of aromatic nitrogens is 1. The Morgan fingerprint density at radius 1 is 1.10 bits per heavy atom. The number of thiazole rings is 1. The van der Waals surface area contributed by atoms with Crippen molar-refractivity contribution in [1.29, 1.82) is 5.26 Å². The van der Waals surface area contributed by atoms with Gasteiger partial charge in [-0.25, -0.2) is 4.98 Å². The van der Waals surface area contributed by atoms with Crippen molar-refractivity contribution < 1.29 is 19.4 Å². The number of amides is 1. The summed E-state index contributed by atoms with van der Waals surface area (Å²) in [5.41, 5.74) is 5.53. The number of anilines is 1. The highest BCUT2D eigenvalue weighted by Crippen LogP contribution is 2.44. The van der Waals surface area contributed by atoms with Crippen LogP contribution < -0.4 is 9.64 Å². The van der Waals surface area contributed by atoms with Crippen LogP contribution in [-0.2, 0) is 11.4 Å². The first-order chi connectivity index (χ1) is 20.3. The molecule has 0 spiro atoms. The number of hydrogen-bond donors (Lipinski definition) is 1. The number of aliphatic carboxylic acids is 1. The third-order valence-electron chi connectivity index (χ3n) is 9.16. The highest BCUT2D eigenvalue weighted by molar-refractivity contribution is 7.14. The van der Waals surface area contributed by atoms with Crippen LogP contribution in [0.1, 0.15) is 52.7 Å². The normalized spacial score (nSPS) is 23.5. The fourth-order valence-electron chi connectivity index (χ4n) is 6.88. The van der Waals surface area contributed by atoms with Crippen molar-refractivity contribution in [2.24, 2.45) is 23.7 Å². The summed E-state index contributed by atoms with van der Waals surface area (Å²) in [7, 11) is 0. The first kappa shape index (κ1) is 28.2. The van der Waals surface area contributed by atoms with Crippen molar-refractivity contribution in [2.75, 3.05) is 31.1 Å². The number of carbonyl (C=O) groups excluding carboxylic acids is 1. The number of carboxylic acid groups (broad SMARTS) is 1. The van der Waals surface area contributed by atoms with Crippen LogP contribution >= 0.6 is 11.3 Å². The van der Waals surface area contributed by atoms with Crippen molar-refractivity contribution in [3.63, 3.8) is 0 Å². The fourth-order valence-corrected chi connectivity index (χ4v) is 7.73. The van der Waals surface area contributed by atoms with Gasteiger partial charge in [0.15, 0.2) is 5.13 Å². The molecule has 4 atom stereocenters. The molecule has 2 aromatic carbocycles. The average Bonchev–Trinajstić information content (AvgIpc) is 3.59. The molecule has 0 radical (unpaired) electrons. The lowest BCUT2D eigenvalue weighted by Gasteiger charge is -2.35. The molecule has 9 heteroatoms. The molecule has 2 saturated heterocycles. The van der Waals surface area contributed by atoms with Crippen LogP contribution in [-0.4, -0.2) is 53.0 Å². The number of nitrogens with zero attached hydrogens (tertiary/aromatic N) is 4. The zero-order chi connectivity index (χ0) is 29.4. The number of carbonyl (C=O) groups is 2. The van der Waals surface area contributed by atoms with E-state index in [1.165, 1.54) is 0 Å². The molecular formula is C33H36N4O4S. The summed E-state index contributed by atoms with van der Waals surface area (Å²) in [6, 6.07) is 14.1. The number of benzene rings is 2. The summed E-state index contributed by atoms with van der Waals surface area (Å²) in [6.45, 7) is 7.08. The minimum Gasteiger partial charge on any atom is -0.488 e. The molecule has 6 rings (SSSR count). The third kappa shape index (κ3) is 5.60. The Bertz CT molecular complexity index is 1530. The molecule has 1 aliphatic carbocycles. The maximum atomic E-state index is 13.1. The molecule has 218 valence electrons. The minimum atomic E-state index is -0.657. The molecule has 42 heavy (non-hydrogen) atoms. The quantitative estimate of drug-likeness (QED) is 0.367. The van der Waals surface area contributed by atoms with E-state index < -0.39 is 5.97 Å². The highest BCUT2D eigenvalue weighted by Gasteiger charge is 2.46. The monoisotopic (exact) mass is 584 g/mol. The Hall–Kier alpha value is -3.90. The van der Waals surface area contributed by atoms with Gasteiger partial charge in [-0.3, -0.25) is 9.59 Å². The number of fused-ring (bicyclic) bond motifs is 2. The molecule has 1 amide bonds. The smallest absolute Gasteiger partial charge is 0.307 e. The average molecular weight is 585 g/mol. The van der Waals surface area contributed by atoms with E-state index in [0.29, 0.717) is 25.3 Å². The summed E-state index contributed by atoms with van der Waals surface area (Å²) in [6.07, 6.45) is 3.66. The van der Waals surface area contributed by atoms with Crippen LogP contribution in [0.4, 0.5) is 5.13 Å². The first-order valence-corrected chi connectivity index (χ1v) is 15.6. The van der Waals surface area contributed by atoms with Crippen LogP contribution in [0.5, 0.6) is 5.75 Å². The van der Waals surface area contributed by atoms with Crippen molar-refractivity contribution in [3.8, 4) is 23.1 Å². The van der Waals surface area contributed by atoms with Gasteiger partial charge in [-0.15, -0.1) is 11.3 Å². The SMILES string of the molecule is Cc1ccc(OCc2ccc(C(=O)N3CCCC(C#N)C3)cc2C)c(-c2csc(N3CC4CC[C@@H](C3)C4C(=O)O)n2)c1. The van der Waals surface area contributed by atoms with E-state index in [9.17, 15) is 20.0 Å². The predicted octanol–water partition coefficient (Wildman–Crippen LogP) is 5.93. The molecule has 3 fully saturated rings. The van der Waals surface area contributed by atoms with E-state index in [1.54, 1.807) is 16.2 Å². The van der Waals surface area contributed by atoms with E-state index in [1.807, 2.05) is 37.3 Å². The summed E-state index contributed by atoms with van der Waals surface area (Å²) >= 11 is 1.60. The van der Waals surface area contributed by atoms with E-state index in [-0.39, 0.29) is 29.6 Å². The lowest BCUT2D eigenvalue weighted by molar-refractivity contribution is -0.144. The van der Waals surface area contributed by atoms with Gasteiger partial charge in [0, 0.05) is 42.7 Å². The van der Waals surface area contributed by atoms with Crippen LogP contribution in [0.3, 0.4) is 0 Å². The van der Waals surface area contributed by atoms with Crippen molar-refractivity contribution in [3.05, 3.63) is 64.0 Å². The van der Waals surface area contributed by atoms with Crippen LogP contribution in [0.2, 0.25) is 0 Å². The molecule has 3 aromatic rings. The standard InChI is InChI=1S/C33H36N4O4S/c1-20-5-10-29(41-18-26-9-6-23(13-21(26)2)31(38)36-11-3-4-22(14-34)15-36)27(12-20)28-19-42-33(35-28)37-16-24-7-8-25(17-37)30(24)32(39)40/h5-6,9-10,12-13,19,22,24-25,30H,3-4,7-8,11,15-18H2,1-2H3,(H,39,40)/t22?,24-,25?,30?/m0/s1. The van der Waals surface area contributed by atoms with Gasteiger partial charge in [-0.2, -0.15) is 5.26 Å². The molecule has 3 unspecified atom stereocenters. The molecule has 8 nitrogen and oxygen atoms in total. The maximum Gasteiger partial charge on any atom is 0.307 e. The Morgan fingerprint density at radius 2 is 1.88 bits per heavy atom. The van der Waals surface area contributed by atoms with E-state index >= 15 is 0 Å². The van der Waals surface area contributed by atoms with Gasteiger partial charge in [0.05, 0.1) is 23.6 Å². The highest BCUT2D eigenvalue weighted by atomic mass is 32.1. The number of likely N-dealkylation sites (tertiary alicyclic amines) is 1. The molecule has 3 aliphatic rings. The molecule has 2 bridgehead atoms. The predicted molar refractivity (Wildman–Crippen MR) is 162 cm³/mol. The van der Waals surface area contributed by atoms with Gasteiger partial charge in [0.2, 0.25) is 0 Å². The van der Waals surface area contributed by atoms with Gasteiger partial charge >= 0.3 is 5.97 Å². The minimum absolute atomic E-state index is 0.0223. The lowest BCUT2D eigenvalue weighted by atomic mass is 9.85. The lowest BCUT2D eigenvalue weighted by Crippen LogP contribution is -2.44. The second-order valence-electron chi connectivity index (χ2n) is 12.0. The molecule has 1 N–H and O–H groups in total.